The first-order valence-corrected chi connectivity index (χ1v) is 11.0. The number of hydrogen-bond donors (Lipinski definition) is 2. The van der Waals surface area contributed by atoms with Gasteiger partial charge in [-0.25, -0.2) is 9.59 Å². The van der Waals surface area contributed by atoms with Crippen molar-refractivity contribution >= 4 is 35.1 Å². The van der Waals surface area contributed by atoms with Gasteiger partial charge in [0.25, 0.3) is 0 Å². The van der Waals surface area contributed by atoms with Gasteiger partial charge < -0.3 is 20.1 Å². The lowest BCUT2D eigenvalue weighted by Crippen LogP contribution is -2.42. The van der Waals surface area contributed by atoms with Gasteiger partial charge in [-0.1, -0.05) is 24.3 Å². The van der Waals surface area contributed by atoms with Gasteiger partial charge in [0.15, 0.2) is 0 Å². The second-order valence-corrected chi connectivity index (χ2v) is 7.43. The number of nitrogens with one attached hydrogen (secondary N) is 2. The predicted molar refractivity (Wildman–Crippen MR) is 128 cm³/mol. The summed E-state index contributed by atoms with van der Waals surface area (Å²) in [7, 11) is 0. The first-order chi connectivity index (χ1) is 17.6. The molecule has 2 amide bonds. The minimum Gasteiger partial charge on any atom is -0.460 e. The van der Waals surface area contributed by atoms with Crippen molar-refractivity contribution in [3.8, 4) is 0 Å². The fraction of sp³-hybridized carbons (Fsp3) is 0.304. The molecule has 0 aliphatic rings. The summed E-state index contributed by atoms with van der Waals surface area (Å²) in [5, 5.41) is 26.8. The van der Waals surface area contributed by atoms with E-state index in [2.05, 4.69) is 20.1 Å². The first-order valence-electron chi connectivity index (χ1n) is 11.0. The second-order valence-electron chi connectivity index (χ2n) is 7.43. The lowest BCUT2D eigenvalue weighted by atomic mass is 10.0. The van der Waals surface area contributed by atoms with Crippen LogP contribution in [0.2, 0.25) is 0 Å². The molecule has 0 aliphatic heterocycles. The molecule has 2 N–H and O–H groups in total. The van der Waals surface area contributed by atoms with E-state index < -0.39 is 45.7 Å². The summed E-state index contributed by atoms with van der Waals surface area (Å²) >= 11 is 0. The average Bonchev–Trinajstić information content (AvgIpc) is 2.81. The van der Waals surface area contributed by atoms with E-state index in [1.165, 1.54) is 38.1 Å². The molecule has 2 rings (SSSR count). The number of benzene rings is 2. The van der Waals surface area contributed by atoms with Crippen molar-refractivity contribution in [1.82, 2.24) is 0 Å². The van der Waals surface area contributed by atoms with Crippen LogP contribution in [-0.2, 0) is 35.1 Å². The summed E-state index contributed by atoms with van der Waals surface area (Å²) in [6.45, 7) is 2.72. The number of carbonyl (C=O) groups excluding carboxylic acids is 4. The van der Waals surface area contributed by atoms with Crippen molar-refractivity contribution in [1.29, 1.82) is 0 Å². The molecule has 2 aromatic rings. The van der Waals surface area contributed by atoms with Crippen LogP contribution in [0.5, 0.6) is 0 Å². The van der Waals surface area contributed by atoms with Gasteiger partial charge in [-0.2, -0.15) is 0 Å². The quantitative estimate of drug-likeness (QED) is 0.181. The molecule has 0 heterocycles. The Morgan fingerprint density at radius 1 is 0.703 bits per heavy atom. The lowest BCUT2D eigenvalue weighted by Gasteiger charge is -2.11. The van der Waals surface area contributed by atoms with E-state index in [9.17, 15) is 39.4 Å². The summed E-state index contributed by atoms with van der Waals surface area (Å²) in [6.07, 6.45) is 0.434. The van der Waals surface area contributed by atoms with Crippen LogP contribution in [-0.4, -0.2) is 58.9 Å². The molecule has 0 aromatic heterocycles. The third-order valence-corrected chi connectivity index (χ3v) is 4.79. The van der Waals surface area contributed by atoms with Gasteiger partial charge in [0, 0.05) is 21.2 Å². The summed E-state index contributed by atoms with van der Waals surface area (Å²) in [4.78, 5) is 67.8. The van der Waals surface area contributed by atoms with E-state index in [1.807, 2.05) is 0 Å². The smallest absolute Gasteiger partial charge is 0.392 e. The van der Waals surface area contributed by atoms with Gasteiger partial charge in [-0.3, -0.25) is 29.8 Å². The van der Waals surface area contributed by atoms with E-state index in [-0.39, 0.29) is 24.6 Å². The van der Waals surface area contributed by atoms with Crippen LogP contribution in [0.1, 0.15) is 25.0 Å². The molecule has 0 spiro atoms. The van der Waals surface area contributed by atoms with E-state index in [1.54, 1.807) is 24.3 Å². The maximum Gasteiger partial charge on any atom is 0.392 e. The zero-order valence-corrected chi connectivity index (χ0v) is 19.9. The molecule has 2 unspecified atom stereocenters. The van der Waals surface area contributed by atoms with Crippen LogP contribution in [0.25, 0.3) is 0 Å². The Balaban J connectivity index is 2.00. The van der Waals surface area contributed by atoms with Crippen LogP contribution in [0.15, 0.2) is 48.5 Å². The molecular formula is C23H24N4O10. The normalized spacial score (nSPS) is 11.9. The number of hydrogen-bond acceptors (Lipinski definition) is 10. The van der Waals surface area contributed by atoms with Crippen molar-refractivity contribution in [3.05, 3.63) is 79.9 Å². The molecule has 0 saturated carbocycles. The van der Waals surface area contributed by atoms with Gasteiger partial charge in [0.1, 0.15) is 0 Å². The van der Waals surface area contributed by atoms with Gasteiger partial charge in [0.2, 0.25) is 0 Å². The minimum atomic E-state index is -2.18. The first kappa shape index (κ1) is 28.4. The Morgan fingerprint density at radius 2 is 1.03 bits per heavy atom. The third-order valence-electron chi connectivity index (χ3n) is 4.79. The Hall–Kier alpha value is -4.88. The fourth-order valence-electron chi connectivity index (χ4n) is 3.09. The van der Waals surface area contributed by atoms with Crippen LogP contribution in [0.4, 0.5) is 11.4 Å². The van der Waals surface area contributed by atoms with Crippen LogP contribution in [0.3, 0.4) is 0 Å². The van der Waals surface area contributed by atoms with E-state index in [0.717, 1.165) is 11.1 Å². The van der Waals surface area contributed by atoms with Crippen molar-refractivity contribution in [2.24, 2.45) is 0 Å². The molecule has 37 heavy (non-hydrogen) atoms. The Morgan fingerprint density at radius 3 is 1.30 bits per heavy atom. The van der Waals surface area contributed by atoms with Crippen molar-refractivity contribution in [3.63, 3.8) is 0 Å². The summed E-state index contributed by atoms with van der Waals surface area (Å²) in [5.41, 5.74) is 2.10. The highest BCUT2D eigenvalue weighted by Crippen LogP contribution is 2.17. The number of anilines is 2. The van der Waals surface area contributed by atoms with Crippen LogP contribution < -0.4 is 10.6 Å². The van der Waals surface area contributed by atoms with Gasteiger partial charge in [0.05, 0.1) is 13.2 Å². The fourth-order valence-corrected chi connectivity index (χ4v) is 3.09. The third kappa shape index (κ3) is 8.09. The highest BCUT2D eigenvalue weighted by molar-refractivity contribution is 6.07. The maximum absolute atomic E-state index is 12.2. The molecular weight excluding hydrogens is 492 g/mol. The van der Waals surface area contributed by atoms with Crippen molar-refractivity contribution in [2.75, 3.05) is 23.8 Å². The Kier molecular flexibility index (Phi) is 10.2. The largest absolute Gasteiger partial charge is 0.460 e. The van der Waals surface area contributed by atoms with Crippen molar-refractivity contribution < 1.29 is 38.5 Å². The molecule has 0 aliphatic carbocycles. The molecule has 0 bridgehead atoms. The van der Waals surface area contributed by atoms with Gasteiger partial charge >= 0.3 is 35.8 Å². The highest BCUT2D eigenvalue weighted by atomic mass is 16.6. The molecule has 196 valence electrons. The van der Waals surface area contributed by atoms with Crippen LogP contribution >= 0.6 is 0 Å². The highest BCUT2D eigenvalue weighted by Gasteiger charge is 2.40. The number of ether oxygens (including phenoxy) is 2. The number of carbonyl (C=O) groups is 4. The average molecular weight is 516 g/mol. The summed E-state index contributed by atoms with van der Waals surface area (Å²) in [6, 6.07) is 8.33. The maximum atomic E-state index is 12.2. The molecule has 2 atom stereocenters. The summed E-state index contributed by atoms with van der Waals surface area (Å²) < 4.78 is 9.13. The van der Waals surface area contributed by atoms with Gasteiger partial charge in [-0.05, 0) is 55.7 Å². The predicted octanol–water partition coefficient (Wildman–Crippen LogP) is 1.57. The Labute approximate surface area is 210 Å². The van der Waals surface area contributed by atoms with Crippen molar-refractivity contribution in [2.45, 2.75) is 32.4 Å². The molecule has 0 fully saturated rings. The van der Waals surface area contributed by atoms with Gasteiger partial charge in [-0.15, -0.1) is 0 Å². The summed E-state index contributed by atoms with van der Waals surface area (Å²) in [5.74, 6) is -4.76. The topological polar surface area (TPSA) is 197 Å². The number of amides is 2. The SMILES string of the molecule is CCOC(=O)C(C(=O)Nc1ccc(Cc2ccc(NC(=O)C(C(=O)OCC)[N+](=O)[O-])cc2)cc1)[N+](=O)[O-]. The zero-order chi connectivity index (χ0) is 27.5. The van der Waals surface area contributed by atoms with Crippen LogP contribution in [0, 0.1) is 20.2 Å². The standard InChI is InChI=1S/C23H24N4O10/c1-3-36-22(30)18(26(32)33)20(28)24-16-9-5-14(6-10-16)13-15-7-11-17(12-8-15)25-21(29)19(27(34)35)23(31)37-4-2/h5-12,18-19H,3-4,13H2,1-2H3,(H,24,28)(H,25,29). The molecule has 0 saturated heterocycles. The number of esters is 2. The molecule has 14 heteroatoms. The molecule has 14 nitrogen and oxygen atoms in total. The Bertz CT molecular complexity index is 1070. The molecule has 0 radical (unpaired) electrons. The van der Waals surface area contributed by atoms with E-state index in [0.29, 0.717) is 6.42 Å². The lowest BCUT2D eigenvalue weighted by molar-refractivity contribution is -0.496. The number of nitro groups is 2. The monoisotopic (exact) mass is 516 g/mol. The minimum absolute atomic E-state index is 0.106. The van der Waals surface area contributed by atoms with E-state index in [4.69, 9.17) is 0 Å². The number of nitrogens with zero attached hydrogens (tertiary/aromatic N) is 2. The van der Waals surface area contributed by atoms with E-state index >= 15 is 0 Å². The number of rotatable bonds is 12. The molecule has 2 aromatic carbocycles. The second kappa shape index (κ2) is 13.3. The zero-order valence-electron chi connectivity index (χ0n) is 19.9.